The Balaban J connectivity index is 3.01. The number of carbonyl (C=O) groups excluding carboxylic acids is 2. The summed E-state index contributed by atoms with van der Waals surface area (Å²) in [5, 5.41) is 8.75. The van der Waals surface area contributed by atoms with Crippen LogP contribution in [0.5, 0.6) is 5.75 Å². The van der Waals surface area contributed by atoms with Crippen LogP contribution in [0.25, 0.3) is 0 Å². The third kappa shape index (κ3) is 3.84. The maximum absolute atomic E-state index is 11.6. The van der Waals surface area contributed by atoms with Gasteiger partial charge in [0.15, 0.2) is 0 Å². The molecule has 1 aromatic rings. The SMILES string of the molecule is COC(=O)C(C)(C)COc1c(C)cc(C(=O)C(=O)O)cc1C. The fraction of sp³-hybridized carbons (Fsp3) is 0.438. The van der Waals surface area contributed by atoms with Crippen LogP contribution in [-0.2, 0) is 14.3 Å². The number of aryl methyl sites for hydroxylation is 2. The minimum absolute atomic E-state index is 0.0991. The Morgan fingerprint density at radius 1 is 1.14 bits per heavy atom. The quantitative estimate of drug-likeness (QED) is 0.492. The van der Waals surface area contributed by atoms with Gasteiger partial charge in [0.05, 0.1) is 12.5 Å². The first-order valence-electron chi connectivity index (χ1n) is 6.70. The first kappa shape index (κ1) is 17.7. The molecule has 0 aromatic heterocycles. The Kier molecular flexibility index (Phi) is 5.30. The molecule has 1 rings (SSSR count). The van der Waals surface area contributed by atoms with Crippen molar-refractivity contribution in [1.82, 2.24) is 0 Å². The summed E-state index contributed by atoms with van der Waals surface area (Å²) in [7, 11) is 1.31. The van der Waals surface area contributed by atoms with Crippen molar-refractivity contribution < 1.29 is 29.0 Å². The molecule has 6 heteroatoms. The highest BCUT2D eigenvalue weighted by Crippen LogP contribution is 2.28. The van der Waals surface area contributed by atoms with Crippen LogP contribution in [0.4, 0.5) is 0 Å². The van der Waals surface area contributed by atoms with Crippen LogP contribution in [0.1, 0.15) is 35.3 Å². The monoisotopic (exact) mass is 308 g/mol. The molecule has 0 amide bonds. The fourth-order valence-corrected chi connectivity index (χ4v) is 2.02. The number of hydrogen-bond acceptors (Lipinski definition) is 5. The number of ketones is 1. The molecule has 1 aromatic carbocycles. The predicted molar refractivity (Wildman–Crippen MR) is 79.2 cm³/mol. The molecular weight excluding hydrogens is 288 g/mol. The van der Waals surface area contributed by atoms with E-state index in [1.165, 1.54) is 19.2 Å². The van der Waals surface area contributed by atoms with E-state index in [2.05, 4.69) is 0 Å². The van der Waals surface area contributed by atoms with E-state index in [1.54, 1.807) is 27.7 Å². The molecule has 0 aliphatic rings. The zero-order chi connectivity index (χ0) is 17.1. The second-order valence-electron chi connectivity index (χ2n) is 5.74. The van der Waals surface area contributed by atoms with Crippen LogP contribution < -0.4 is 4.74 Å². The second-order valence-corrected chi connectivity index (χ2v) is 5.74. The molecule has 0 aliphatic heterocycles. The van der Waals surface area contributed by atoms with E-state index >= 15 is 0 Å². The van der Waals surface area contributed by atoms with Crippen LogP contribution in [0.2, 0.25) is 0 Å². The van der Waals surface area contributed by atoms with Crippen molar-refractivity contribution in [2.24, 2.45) is 5.41 Å². The average molecular weight is 308 g/mol. The van der Waals surface area contributed by atoms with E-state index in [1.807, 2.05) is 0 Å². The number of aliphatic carboxylic acids is 1. The number of benzene rings is 1. The smallest absolute Gasteiger partial charge is 0.377 e. The highest BCUT2D eigenvalue weighted by Gasteiger charge is 2.30. The molecule has 0 saturated heterocycles. The molecule has 6 nitrogen and oxygen atoms in total. The van der Waals surface area contributed by atoms with Gasteiger partial charge in [-0.05, 0) is 51.0 Å². The highest BCUT2D eigenvalue weighted by molar-refractivity contribution is 6.39. The van der Waals surface area contributed by atoms with Crippen molar-refractivity contribution in [3.63, 3.8) is 0 Å². The van der Waals surface area contributed by atoms with E-state index in [4.69, 9.17) is 14.6 Å². The molecule has 0 atom stereocenters. The molecule has 120 valence electrons. The van der Waals surface area contributed by atoms with Gasteiger partial charge in [-0.2, -0.15) is 0 Å². The maximum Gasteiger partial charge on any atom is 0.377 e. The summed E-state index contributed by atoms with van der Waals surface area (Å²) in [5.41, 5.74) is 0.543. The van der Waals surface area contributed by atoms with E-state index in [0.717, 1.165) is 0 Å². The Morgan fingerprint density at radius 2 is 1.64 bits per heavy atom. The third-order valence-electron chi connectivity index (χ3n) is 3.23. The van der Waals surface area contributed by atoms with Crippen LogP contribution in [0, 0.1) is 19.3 Å². The van der Waals surface area contributed by atoms with Crippen molar-refractivity contribution in [3.8, 4) is 5.75 Å². The second kappa shape index (κ2) is 6.60. The highest BCUT2D eigenvalue weighted by atomic mass is 16.5. The number of carboxylic acids is 1. The van der Waals surface area contributed by atoms with Crippen LogP contribution >= 0.6 is 0 Å². The van der Waals surface area contributed by atoms with E-state index in [0.29, 0.717) is 16.9 Å². The number of methoxy groups -OCH3 is 1. The van der Waals surface area contributed by atoms with Crippen LogP contribution in [0.15, 0.2) is 12.1 Å². The average Bonchev–Trinajstić information content (AvgIpc) is 2.44. The topological polar surface area (TPSA) is 89.9 Å². The van der Waals surface area contributed by atoms with Gasteiger partial charge in [-0.25, -0.2) is 4.79 Å². The molecular formula is C16H20O6. The maximum atomic E-state index is 11.6. The van der Waals surface area contributed by atoms with Crippen LogP contribution in [-0.4, -0.2) is 36.5 Å². The zero-order valence-electron chi connectivity index (χ0n) is 13.4. The Bertz CT molecular complexity index is 592. The standard InChI is InChI=1S/C16H20O6/c1-9-6-11(12(17)14(18)19)7-10(2)13(9)22-8-16(3,4)15(20)21-5/h6-7H,8H2,1-5H3,(H,18,19). The Hall–Kier alpha value is -2.37. The lowest BCUT2D eigenvalue weighted by Crippen LogP contribution is -2.32. The summed E-state index contributed by atoms with van der Waals surface area (Å²) in [6, 6.07) is 2.92. The lowest BCUT2D eigenvalue weighted by atomic mass is 9.95. The normalized spacial score (nSPS) is 11.0. The van der Waals surface area contributed by atoms with Crippen molar-refractivity contribution in [2.45, 2.75) is 27.7 Å². The summed E-state index contributed by atoms with van der Waals surface area (Å²) >= 11 is 0. The number of esters is 1. The third-order valence-corrected chi connectivity index (χ3v) is 3.23. The lowest BCUT2D eigenvalue weighted by Gasteiger charge is -2.23. The minimum atomic E-state index is -1.50. The first-order chi connectivity index (χ1) is 10.1. The van der Waals surface area contributed by atoms with Gasteiger partial charge in [0, 0.05) is 5.56 Å². The molecule has 0 radical (unpaired) electrons. The number of rotatable bonds is 6. The van der Waals surface area contributed by atoms with Gasteiger partial charge in [0.1, 0.15) is 12.4 Å². The predicted octanol–water partition coefficient (Wildman–Crippen LogP) is 2.15. The molecule has 0 bridgehead atoms. The zero-order valence-corrected chi connectivity index (χ0v) is 13.4. The van der Waals surface area contributed by atoms with E-state index in [9.17, 15) is 14.4 Å². The first-order valence-corrected chi connectivity index (χ1v) is 6.70. The largest absolute Gasteiger partial charge is 0.492 e. The summed E-state index contributed by atoms with van der Waals surface area (Å²) in [6.45, 7) is 6.93. The Labute approximate surface area is 129 Å². The molecule has 0 unspecified atom stereocenters. The molecule has 0 heterocycles. The lowest BCUT2D eigenvalue weighted by molar-refractivity contribution is -0.152. The van der Waals surface area contributed by atoms with Gasteiger partial charge in [0.2, 0.25) is 0 Å². The number of carboxylic acid groups (broad SMARTS) is 1. The molecule has 22 heavy (non-hydrogen) atoms. The van der Waals surface area contributed by atoms with Crippen molar-refractivity contribution in [1.29, 1.82) is 0 Å². The minimum Gasteiger partial charge on any atom is -0.492 e. The van der Waals surface area contributed by atoms with Gasteiger partial charge < -0.3 is 14.6 Å². The number of Topliss-reactive ketones (excluding diaryl/α,β-unsaturated/α-hetero) is 1. The Morgan fingerprint density at radius 3 is 2.05 bits per heavy atom. The van der Waals surface area contributed by atoms with Crippen LogP contribution in [0.3, 0.4) is 0 Å². The molecule has 0 aliphatic carbocycles. The molecule has 0 saturated carbocycles. The molecule has 1 N–H and O–H groups in total. The van der Waals surface area contributed by atoms with Gasteiger partial charge in [0.25, 0.3) is 5.78 Å². The fourth-order valence-electron chi connectivity index (χ4n) is 2.02. The summed E-state index contributed by atoms with van der Waals surface area (Å²) in [4.78, 5) is 33.9. The molecule has 0 fully saturated rings. The van der Waals surface area contributed by atoms with Crippen molar-refractivity contribution in [3.05, 3.63) is 28.8 Å². The molecule has 0 spiro atoms. The van der Waals surface area contributed by atoms with Gasteiger partial charge in [-0.3, -0.25) is 9.59 Å². The van der Waals surface area contributed by atoms with Gasteiger partial charge in [-0.1, -0.05) is 0 Å². The number of hydrogen-bond donors (Lipinski definition) is 1. The number of carbonyl (C=O) groups is 3. The van der Waals surface area contributed by atoms with E-state index < -0.39 is 17.2 Å². The van der Waals surface area contributed by atoms with E-state index in [-0.39, 0.29) is 18.1 Å². The van der Waals surface area contributed by atoms with Crippen molar-refractivity contribution >= 4 is 17.7 Å². The summed E-state index contributed by atoms with van der Waals surface area (Å²) in [5.74, 6) is -2.33. The van der Waals surface area contributed by atoms with Gasteiger partial charge in [-0.15, -0.1) is 0 Å². The van der Waals surface area contributed by atoms with Crippen molar-refractivity contribution in [2.75, 3.05) is 13.7 Å². The summed E-state index contributed by atoms with van der Waals surface area (Å²) in [6.07, 6.45) is 0. The summed E-state index contributed by atoms with van der Waals surface area (Å²) < 4.78 is 10.4. The van der Waals surface area contributed by atoms with Gasteiger partial charge >= 0.3 is 11.9 Å². The number of ether oxygens (including phenoxy) is 2.